The molecule has 0 aromatic heterocycles. The summed E-state index contributed by atoms with van der Waals surface area (Å²) in [7, 11) is 0. The van der Waals surface area contributed by atoms with Gasteiger partial charge in [0, 0.05) is 18.7 Å². The minimum Gasteiger partial charge on any atom is -0.326 e. The molecule has 0 saturated carbocycles. The van der Waals surface area contributed by atoms with Crippen molar-refractivity contribution in [1.82, 2.24) is 4.90 Å². The van der Waals surface area contributed by atoms with Crippen molar-refractivity contribution in [3.05, 3.63) is 64.7 Å². The van der Waals surface area contributed by atoms with E-state index < -0.39 is 0 Å². The second-order valence-corrected chi connectivity index (χ2v) is 6.07. The molecule has 0 radical (unpaired) electrons. The number of fused-ring (bicyclic) bond motifs is 1. The van der Waals surface area contributed by atoms with Crippen LogP contribution < -0.4 is 5.32 Å². The van der Waals surface area contributed by atoms with Gasteiger partial charge in [-0.15, -0.1) is 0 Å². The molecule has 3 rings (SSSR count). The first-order valence-electron chi connectivity index (χ1n) is 8.36. The van der Waals surface area contributed by atoms with Crippen molar-refractivity contribution in [2.75, 3.05) is 11.9 Å². The molecule has 0 fully saturated rings. The summed E-state index contributed by atoms with van der Waals surface area (Å²) in [5.41, 5.74) is 3.68. The standard InChI is InChI=1S/C20H20N2O3/c1-3-14-8-6-7-13(2)18(14)21-17(23)11-12-22-19(24)15-9-4-5-10-16(15)20(22)25/h4-10H,3,11-12H2,1-2H3,(H,21,23). The second-order valence-electron chi connectivity index (χ2n) is 6.07. The lowest BCUT2D eigenvalue weighted by Crippen LogP contribution is -2.33. The number of aryl methyl sites for hydroxylation is 2. The topological polar surface area (TPSA) is 66.5 Å². The first-order valence-corrected chi connectivity index (χ1v) is 8.36. The van der Waals surface area contributed by atoms with E-state index in [9.17, 15) is 14.4 Å². The van der Waals surface area contributed by atoms with Crippen LogP contribution in [0.5, 0.6) is 0 Å². The number of nitrogens with one attached hydrogen (secondary N) is 1. The van der Waals surface area contributed by atoms with Crippen LogP contribution in [0.4, 0.5) is 5.69 Å². The Morgan fingerprint density at radius 3 is 2.24 bits per heavy atom. The summed E-state index contributed by atoms with van der Waals surface area (Å²) in [5, 5.41) is 2.92. The highest BCUT2D eigenvalue weighted by Gasteiger charge is 2.34. The van der Waals surface area contributed by atoms with Crippen molar-refractivity contribution in [2.24, 2.45) is 0 Å². The van der Waals surface area contributed by atoms with Gasteiger partial charge in [-0.3, -0.25) is 19.3 Å². The van der Waals surface area contributed by atoms with E-state index in [4.69, 9.17) is 0 Å². The van der Waals surface area contributed by atoms with Crippen molar-refractivity contribution in [3.8, 4) is 0 Å². The van der Waals surface area contributed by atoms with Crippen LogP contribution in [-0.4, -0.2) is 29.2 Å². The maximum Gasteiger partial charge on any atom is 0.261 e. The van der Waals surface area contributed by atoms with E-state index in [2.05, 4.69) is 5.32 Å². The summed E-state index contributed by atoms with van der Waals surface area (Å²) in [5.74, 6) is -0.877. The highest BCUT2D eigenvalue weighted by Crippen LogP contribution is 2.23. The number of anilines is 1. The molecule has 3 amide bonds. The van der Waals surface area contributed by atoms with Crippen molar-refractivity contribution >= 4 is 23.4 Å². The molecule has 2 aromatic rings. The summed E-state index contributed by atoms with van der Waals surface area (Å²) in [6, 6.07) is 12.6. The average Bonchev–Trinajstić information content (AvgIpc) is 2.86. The number of nitrogens with zero attached hydrogens (tertiary/aromatic N) is 1. The largest absolute Gasteiger partial charge is 0.326 e. The number of hydrogen-bond donors (Lipinski definition) is 1. The van der Waals surface area contributed by atoms with Crippen molar-refractivity contribution < 1.29 is 14.4 Å². The van der Waals surface area contributed by atoms with Crippen LogP contribution in [0.25, 0.3) is 0 Å². The van der Waals surface area contributed by atoms with Crippen LogP contribution in [0.3, 0.4) is 0 Å². The fourth-order valence-electron chi connectivity index (χ4n) is 3.06. The van der Waals surface area contributed by atoms with Crippen LogP contribution in [0, 0.1) is 6.92 Å². The molecule has 5 nitrogen and oxygen atoms in total. The van der Waals surface area contributed by atoms with Crippen LogP contribution >= 0.6 is 0 Å². The molecular weight excluding hydrogens is 316 g/mol. The average molecular weight is 336 g/mol. The zero-order valence-electron chi connectivity index (χ0n) is 14.3. The van der Waals surface area contributed by atoms with Gasteiger partial charge in [0.05, 0.1) is 11.1 Å². The number of amides is 3. The lowest BCUT2D eigenvalue weighted by molar-refractivity contribution is -0.116. The Morgan fingerprint density at radius 1 is 1.00 bits per heavy atom. The number of carbonyl (C=O) groups excluding carboxylic acids is 3. The van der Waals surface area contributed by atoms with Crippen LogP contribution in [0.2, 0.25) is 0 Å². The summed E-state index contributed by atoms with van der Waals surface area (Å²) in [6.45, 7) is 4.05. The minimum absolute atomic E-state index is 0.0724. The normalized spacial score (nSPS) is 13.1. The highest BCUT2D eigenvalue weighted by molar-refractivity contribution is 6.21. The Morgan fingerprint density at radius 2 is 1.64 bits per heavy atom. The lowest BCUT2D eigenvalue weighted by atomic mass is 10.1. The fraction of sp³-hybridized carbons (Fsp3) is 0.250. The van der Waals surface area contributed by atoms with Crippen molar-refractivity contribution in [1.29, 1.82) is 0 Å². The Kier molecular flexibility index (Phi) is 4.65. The van der Waals surface area contributed by atoms with Gasteiger partial charge in [-0.25, -0.2) is 0 Å². The zero-order chi connectivity index (χ0) is 18.0. The van der Waals surface area contributed by atoms with Gasteiger partial charge in [-0.2, -0.15) is 0 Å². The molecule has 1 aliphatic rings. The maximum atomic E-state index is 12.3. The molecule has 5 heteroatoms. The van der Waals surface area contributed by atoms with Crippen LogP contribution in [-0.2, 0) is 11.2 Å². The number of rotatable bonds is 5. The third kappa shape index (κ3) is 3.18. The molecule has 1 heterocycles. The summed E-state index contributed by atoms with van der Waals surface area (Å²) in [6.07, 6.45) is 0.888. The third-order valence-corrected chi connectivity index (χ3v) is 4.45. The van der Waals surface area contributed by atoms with E-state index in [0.717, 1.165) is 28.1 Å². The van der Waals surface area contributed by atoms with Gasteiger partial charge in [0.15, 0.2) is 0 Å². The summed E-state index contributed by atoms with van der Waals surface area (Å²) < 4.78 is 0. The van der Waals surface area contributed by atoms with E-state index in [1.54, 1.807) is 24.3 Å². The molecule has 25 heavy (non-hydrogen) atoms. The SMILES string of the molecule is CCc1cccc(C)c1NC(=O)CCN1C(=O)c2ccccc2C1=O. The lowest BCUT2D eigenvalue weighted by Gasteiger charge is -2.15. The number of hydrogen-bond acceptors (Lipinski definition) is 3. The van der Waals surface area contributed by atoms with Gasteiger partial charge in [0.1, 0.15) is 0 Å². The van der Waals surface area contributed by atoms with E-state index in [0.29, 0.717) is 11.1 Å². The summed E-state index contributed by atoms with van der Waals surface area (Å²) in [4.78, 5) is 38.1. The third-order valence-electron chi connectivity index (χ3n) is 4.45. The number of benzene rings is 2. The molecule has 2 aromatic carbocycles. The molecule has 0 unspecified atom stereocenters. The van der Waals surface area contributed by atoms with Gasteiger partial charge in [-0.1, -0.05) is 37.3 Å². The van der Waals surface area contributed by atoms with Crippen molar-refractivity contribution in [2.45, 2.75) is 26.7 Å². The molecule has 1 aliphatic heterocycles. The Balaban J connectivity index is 1.66. The summed E-state index contributed by atoms with van der Waals surface area (Å²) >= 11 is 0. The molecular formula is C20H20N2O3. The van der Waals surface area contributed by atoms with Gasteiger partial charge < -0.3 is 5.32 Å². The predicted molar refractivity (Wildman–Crippen MR) is 95.6 cm³/mol. The number of imide groups is 1. The first kappa shape index (κ1) is 16.9. The van der Waals surface area contributed by atoms with Crippen molar-refractivity contribution in [3.63, 3.8) is 0 Å². The van der Waals surface area contributed by atoms with E-state index in [-0.39, 0.29) is 30.7 Å². The minimum atomic E-state index is -0.335. The molecule has 128 valence electrons. The van der Waals surface area contributed by atoms with Gasteiger partial charge in [0.25, 0.3) is 11.8 Å². The quantitative estimate of drug-likeness (QED) is 0.853. The Labute approximate surface area is 146 Å². The second kappa shape index (κ2) is 6.89. The van der Waals surface area contributed by atoms with E-state index >= 15 is 0 Å². The first-order chi connectivity index (χ1) is 12.0. The van der Waals surface area contributed by atoms with Crippen LogP contribution in [0.15, 0.2) is 42.5 Å². The Hall–Kier alpha value is -2.95. The van der Waals surface area contributed by atoms with Gasteiger partial charge >= 0.3 is 0 Å². The van der Waals surface area contributed by atoms with Crippen LogP contribution in [0.1, 0.15) is 45.2 Å². The molecule has 1 N–H and O–H groups in total. The monoisotopic (exact) mass is 336 g/mol. The molecule has 0 bridgehead atoms. The fourth-order valence-corrected chi connectivity index (χ4v) is 3.06. The smallest absolute Gasteiger partial charge is 0.261 e. The number of carbonyl (C=O) groups is 3. The zero-order valence-corrected chi connectivity index (χ0v) is 14.3. The van der Waals surface area contributed by atoms with E-state index in [1.165, 1.54) is 0 Å². The van der Waals surface area contributed by atoms with Gasteiger partial charge in [-0.05, 0) is 36.6 Å². The predicted octanol–water partition coefficient (Wildman–Crippen LogP) is 3.18. The molecule has 0 atom stereocenters. The Bertz CT molecular complexity index is 823. The maximum absolute atomic E-state index is 12.3. The number of para-hydroxylation sites is 1. The highest BCUT2D eigenvalue weighted by atomic mass is 16.2. The van der Waals surface area contributed by atoms with Gasteiger partial charge in [0.2, 0.25) is 5.91 Å². The van der Waals surface area contributed by atoms with E-state index in [1.807, 2.05) is 32.0 Å². The molecule has 0 saturated heterocycles. The molecule has 0 spiro atoms. The molecule has 0 aliphatic carbocycles.